The fraction of sp³-hybridized carbons (Fsp3) is 1.00. The van der Waals surface area contributed by atoms with E-state index in [1.54, 1.807) is 0 Å². The van der Waals surface area contributed by atoms with E-state index in [0.29, 0.717) is 12.1 Å². The first-order chi connectivity index (χ1) is 5.58. The topological polar surface area (TPSA) is 32.3 Å². The molecule has 0 heterocycles. The van der Waals surface area contributed by atoms with Gasteiger partial charge in [-0.1, -0.05) is 6.92 Å². The first kappa shape index (κ1) is 10.0. The number of hydrogen-bond donors (Lipinski definition) is 2. The summed E-state index contributed by atoms with van der Waals surface area (Å²) in [5.41, 5.74) is 0. The highest BCUT2D eigenvalue weighted by Gasteiger charge is 2.26. The molecule has 0 radical (unpaired) electrons. The zero-order chi connectivity index (χ0) is 9.14. The van der Waals surface area contributed by atoms with Gasteiger partial charge in [0.2, 0.25) is 0 Å². The lowest BCUT2D eigenvalue weighted by Crippen LogP contribution is -2.45. The predicted octanol–water partition coefficient (Wildman–Crippen LogP) is 1.53. The minimum atomic E-state index is -0.176. The number of aliphatic hydroxyl groups is 1. The molecule has 1 fully saturated rings. The van der Waals surface area contributed by atoms with E-state index in [4.69, 9.17) is 5.11 Å². The van der Waals surface area contributed by atoms with Crippen LogP contribution in [0.4, 0.5) is 0 Å². The third-order valence-corrected chi connectivity index (χ3v) is 2.59. The van der Waals surface area contributed by atoms with Crippen molar-refractivity contribution in [3.05, 3.63) is 0 Å². The van der Waals surface area contributed by atoms with E-state index in [1.807, 2.05) is 6.92 Å². The van der Waals surface area contributed by atoms with Crippen LogP contribution in [0, 0.1) is 5.92 Å². The molecule has 0 spiro atoms. The lowest BCUT2D eigenvalue weighted by Gasteiger charge is -2.36. The Balaban J connectivity index is 2.06. The van der Waals surface area contributed by atoms with Crippen molar-refractivity contribution in [1.29, 1.82) is 0 Å². The molecule has 72 valence electrons. The van der Waals surface area contributed by atoms with E-state index in [0.717, 1.165) is 12.3 Å². The third kappa shape index (κ3) is 3.11. The Morgan fingerprint density at radius 2 is 2.00 bits per heavy atom. The zero-order valence-electron chi connectivity index (χ0n) is 8.38. The monoisotopic (exact) mass is 171 g/mol. The Hall–Kier alpha value is -0.0800. The number of nitrogens with one attached hydrogen (secondary N) is 1. The molecule has 0 amide bonds. The average molecular weight is 171 g/mol. The molecule has 1 saturated carbocycles. The second-order valence-electron chi connectivity index (χ2n) is 4.43. The van der Waals surface area contributed by atoms with Gasteiger partial charge in [0.05, 0.1) is 6.10 Å². The van der Waals surface area contributed by atoms with Gasteiger partial charge in [-0.3, -0.25) is 0 Å². The molecule has 1 aliphatic rings. The lowest BCUT2D eigenvalue weighted by atomic mass is 9.81. The highest BCUT2D eigenvalue weighted by molar-refractivity contribution is 4.84. The maximum Gasteiger partial charge on any atom is 0.0526 e. The Morgan fingerprint density at radius 1 is 1.42 bits per heavy atom. The Labute approximate surface area is 75.4 Å². The van der Waals surface area contributed by atoms with Crippen LogP contribution in [0.1, 0.15) is 40.0 Å². The normalized spacial score (nSPS) is 34.0. The zero-order valence-corrected chi connectivity index (χ0v) is 8.38. The van der Waals surface area contributed by atoms with Crippen LogP contribution in [0.25, 0.3) is 0 Å². The summed E-state index contributed by atoms with van der Waals surface area (Å²) in [5.74, 6) is 0.904. The van der Waals surface area contributed by atoms with Gasteiger partial charge >= 0.3 is 0 Å². The second kappa shape index (κ2) is 4.24. The standard InChI is InChI=1S/C10H21NO/c1-7-4-10(5-7)11-8(2)6-9(3)12/h7-12H,4-6H2,1-3H3. The molecular weight excluding hydrogens is 150 g/mol. The van der Waals surface area contributed by atoms with Crippen LogP contribution in [0.5, 0.6) is 0 Å². The van der Waals surface area contributed by atoms with Crippen LogP contribution in [0.2, 0.25) is 0 Å². The SMILES string of the molecule is CC(O)CC(C)NC1CC(C)C1. The van der Waals surface area contributed by atoms with E-state index in [1.165, 1.54) is 12.8 Å². The highest BCUT2D eigenvalue weighted by atomic mass is 16.3. The van der Waals surface area contributed by atoms with Crippen molar-refractivity contribution >= 4 is 0 Å². The van der Waals surface area contributed by atoms with Gasteiger partial charge in [0.25, 0.3) is 0 Å². The number of hydrogen-bond acceptors (Lipinski definition) is 2. The molecule has 0 bridgehead atoms. The lowest BCUT2D eigenvalue weighted by molar-refractivity contribution is 0.153. The minimum Gasteiger partial charge on any atom is -0.393 e. The van der Waals surface area contributed by atoms with Crippen LogP contribution < -0.4 is 5.32 Å². The quantitative estimate of drug-likeness (QED) is 0.672. The van der Waals surface area contributed by atoms with Gasteiger partial charge in [0.1, 0.15) is 0 Å². The molecule has 0 aliphatic heterocycles. The van der Waals surface area contributed by atoms with Crippen molar-refractivity contribution in [2.24, 2.45) is 5.92 Å². The van der Waals surface area contributed by atoms with Gasteiger partial charge in [-0.15, -0.1) is 0 Å². The Bertz CT molecular complexity index is 130. The Morgan fingerprint density at radius 3 is 2.42 bits per heavy atom. The molecule has 0 aromatic rings. The molecule has 2 N–H and O–H groups in total. The summed E-state index contributed by atoms with van der Waals surface area (Å²) >= 11 is 0. The molecule has 2 unspecified atom stereocenters. The average Bonchev–Trinajstić information content (AvgIpc) is 1.82. The molecule has 2 heteroatoms. The van der Waals surface area contributed by atoms with Crippen LogP contribution in [-0.2, 0) is 0 Å². The van der Waals surface area contributed by atoms with Crippen molar-refractivity contribution in [3.8, 4) is 0 Å². The predicted molar refractivity (Wildman–Crippen MR) is 51.1 cm³/mol. The summed E-state index contributed by atoms with van der Waals surface area (Å²) in [7, 11) is 0. The van der Waals surface area contributed by atoms with E-state index in [9.17, 15) is 0 Å². The molecule has 1 rings (SSSR count). The second-order valence-corrected chi connectivity index (χ2v) is 4.43. The van der Waals surface area contributed by atoms with Crippen LogP contribution in [0.3, 0.4) is 0 Å². The van der Waals surface area contributed by atoms with Crippen LogP contribution in [-0.4, -0.2) is 23.3 Å². The molecule has 0 aromatic carbocycles. The first-order valence-electron chi connectivity index (χ1n) is 5.02. The summed E-state index contributed by atoms with van der Waals surface area (Å²) in [6, 6.07) is 1.18. The van der Waals surface area contributed by atoms with Gasteiger partial charge in [-0.2, -0.15) is 0 Å². The van der Waals surface area contributed by atoms with Crippen molar-refractivity contribution in [1.82, 2.24) is 5.32 Å². The molecule has 0 aromatic heterocycles. The molecule has 1 aliphatic carbocycles. The largest absolute Gasteiger partial charge is 0.393 e. The van der Waals surface area contributed by atoms with Crippen molar-refractivity contribution in [2.45, 2.75) is 58.2 Å². The molecule has 2 nitrogen and oxygen atoms in total. The van der Waals surface area contributed by atoms with Gasteiger partial charge in [-0.05, 0) is 39.0 Å². The maximum absolute atomic E-state index is 9.14. The van der Waals surface area contributed by atoms with Gasteiger partial charge in [-0.25, -0.2) is 0 Å². The smallest absolute Gasteiger partial charge is 0.0526 e. The fourth-order valence-corrected chi connectivity index (χ4v) is 2.02. The first-order valence-corrected chi connectivity index (χ1v) is 5.02. The van der Waals surface area contributed by atoms with Crippen LogP contribution in [0.15, 0.2) is 0 Å². The molecular formula is C10H21NO. The Kier molecular flexibility index (Phi) is 3.53. The van der Waals surface area contributed by atoms with Gasteiger partial charge in [0, 0.05) is 12.1 Å². The van der Waals surface area contributed by atoms with E-state index in [2.05, 4.69) is 19.2 Å². The van der Waals surface area contributed by atoms with Crippen LogP contribution >= 0.6 is 0 Å². The molecule has 0 saturated heterocycles. The minimum absolute atomic E-state index is 0.176. The summed E-state index contributed by atoms with van der Waals surface area (Å²) in [6.45, 7) is 6.29. The molecule has 2 atom stereocenters. The summed E-state index contributed by atoms with van der Waals surface area (Å²) in [5, 5.41) is 12.7. The van der Waals surface area contributed by atoms with E-state index in [-0.39, 0.29) is 6.10 Å². The van der Waals surface area contributed by atoms with Crippen molar-refractivity contribution in [3.63, 3.8) is 0 Å². The number of rotatable bonds is 4. The fourth-order valence-electron chi connectivity index (χ4n) is 2.02. The highest BCUT2D eigenvalue weighted by Crippen LogP contribution is 2.26. The molecule has 12 heavy (non-hydrogen) atoms. The van der Waals surface area contributed by atoms with Gasteiger partial charge in [0.15, 0.2) is 0 Å². The summed E-state index contributed by atoms with van der Waals surface area (Å²) in [6.07, 6.45) is 3.31. The maximum atomic E-state index is 9.14. The summed E-state index contributed by atoms with van der Waals surface area (Å²) < 4.78 is 0. The van der Waals surface area contributed by atoms with E-state index >= 15 is 0 Å². The third-order valence-electron chi connectivity index (χ3n) is 2.59. The summed E-state index contributed by atoms with van der Waals surface area (Å²) in [4.78, 5) is 0. The van der Waals surface area contributed by atoms with Gasteiger partial charge < -0.3 is 10.4 Å². The van der Waals surface area contributed by atoms with Crippen molar-refractivity contribution in [2.75, 3.05) is 0 Å². The number of aliphatic hydroxyl groups excluding tert-OH is 1. The van der Waals surface area contributed by atoms with Crippen molar-refractivity contribution < 1.29 is 5.11 Å². The van der Waals surface area contributed by atoms with E-state index < -0.39 is 0 Å².